The number of nitrogens with two attached hydrogens (primary N) is 1. The zero-order valence-electron chi connectivity index (χ0n) is 10.9. The van der Waals surface area contributed by atoms with Crippen molar-refractivity contribution >= 4 is 11.7 Å². The van der Waals surface area contributed by atoms with Crippen LogP contribution >= 0.6 is 0 Å². The number of nitrogens with one attached hydrogen (secondary N) is 1. The van der Waals surface area contributed by atoms with Gasteiger partial charge in [-0.3, -0.25) is 4.79 Å². The number of fused-ring (bicyclic) bond motifs is 1. The van der Waals surface area contributed by atoms with Crippen LogP contribution in [-0.4, -0.2) is 16.9 Å². The van der Waals surface area contributed by atoms with E-state index >= 15 is 0 Å². The van der Waals surface area contributed by atoms with Crippen LogP contribution in [0.1, 0.15) is 43.7 Å². The summed E-state index contributed by atoms with van der Waals surface area (Å²) < 4.78 is 0. The maximum Gasteiger partial charge on any atom is 0.232 e. The fourth-order valence-electron chi connectivity index (χ4n) is 3.05. The first kappa shape index (κ1) is 11.7. The molecule has 0 unspecified atom stereocenters. The van der Waals surface area contributed by atoms with E-state index in [1.807, 2.05) is 6.20 Å². The minimum absolute atomic E-state index is 0.0986. The van der Waals surface area contributed by atoms with Crippen molar-refractivity contribution in [1.82, 2.24) is 4.98 Å². The van der Waals surface area contributed by atoms with Crippen molar-refractivity contribution in [3.05, 3.63) is 23.4 Å². The molecular formula is C14H19N3O. The fraction of sp³-hybridized carbons (Fsp3) is 0.571. The van der Waals surface area contributed by atoms with Gasteiger partial charge in [-0.25, -0.2) is 4.98 Å². The summed E-state index contributed by atoms with van der Waals surface area (Å²) >= 11 is 0. The van der Waals surface area contributed by atoms with Crippen LogP contribution in [0.25, 0.3) is 0 Å². The van der Waals surface area contributed by atoms with Crippen LogP contribution in [0.3, 0.4) is 0 Å². The van der Waals surface area contributed by atoms with Gasteiger partial charge in [0.25, 0.3) is 0 Å². The highest BCUT2D eigenvalue weighted by atomic mass is 16.2. The summed E-state index contributed by atoms with van der Waals surface area (Å²) in [6.07, 6.45) is 4.23. The first-order chi connectivity index (χ1) is 8.50. The number of pyridine rings is 1. The van der Waals surface area contributed by atoms with Crippen LogP contribution in [-0.2, 0) is 11.2 Å². The Bertz CT molecular complexity index is 504. The largest absolute Gasteiger partial charge is 0.328 e. The van der Waals surface area contributed by atoms with E-state index in [-0.39, 0.29) is 17.4 Å². The normalized spacial score (nSPS) is 30.0. The predicted octanol–water partition coefficient (Wildman–Crippen LogP) is 1.81. The average Bonchev–Trinajstić information content (AvgIpc) is 2.27. The van der Waals surface area contributed by atoms with E-state index in [9.17, 15) is 4.79 Å². The highest BCUT2D eigenvalue weighted by Crippen LogP contribution is 2.47. The average molecular weight is 245 g/mol. The first-order valence-corrected chi connectivity index (χ1v) is 6.56. The molecule has 1 amide bonds. The van der Waals surface area contributed by atoms with Crippen LogP contribution in [0, 0.1) is 5.41 Å². The highest BCUT2D eigenvalue weighted by molar-refractivity contribution is 5.98. The summed E-state index contributed by atoms with van der Waals surface area (Å²) in [7, 11) is 0. The number of hydrogen-bond acceptors (Lipinski definition) is 3. The maximum atomic E-state index is 12.1. The Balaban J connectivity index is 1.94. The fourth-order valence-corrected chi connectivity index (χ4v) is 3.05. The molecule has 4 heteroatoms. The van der Waals surface area contributed by atoms with Gasteiger partial charge in [-0.2, -0.15) is 0 Å². The molecule has 0 aromatic carbocycles. The lowest BCUT2D eigenvalue weighted by Gasteiger charge is -2.47. The molecule has 1 aliphatic carbocycles. The smallest absolute Gasteiger partial charge is 0.232 e. The van der Waals surface area contributed by atoms with Crippen LogP contribution in [0.2, 0.25) is 0 Å². The molecule has 0 saturated heterocycles. The van der Waals surface area contributed by atoms with E-state index in [1.165, 1.54) is 5.56 Å². The number of nitrogens with zero attached hydrogens (tertiary/aromatic N) is 1. The van der Waals surface area contributed by atoms with Gasteiger partial charge in [0.05, 0.1) is 5.41 Å². The van der Waals surface area contributed by atoms with Gasteiger partial charge in [-0.1, -0.05) is 19.9 Å². The van der Waals surface area contributed by atoms with Crippen LogP contribution in [0.15, 0.2) is 12.3 Å². The van der Waals surface area contributed by atoms with E-state index in [0.717, 1.165) is 30.6 Å². The molecule has 1 aromatic rings. The molecule has 0 radical (unpaired) electrons. The summed E-state index contributed by atoms with van der Waals surface area (Å²) in [5, 5.41) is 2.93. The molecule has 4 nitrogen and oxygen atoms in total. The van der Waals surface area contributed by atoms with Crippen LogP contribution in [0.5, 0.6) is 0 Å². The molecule has 1 saturated carbocycles. The Labute approximate surface area is 107 Å². The molecule has 3 rings (SSSR count). The van der Waals surface area contributed by atoms with E-state index in [1.54, 1.807) is 0 Å². The minimum atomic E-state index is -0.260. The van der Waals surface area contributed by atoms with Crippen molar-refractivity contribution in [2.75, 3.05) is 5.32 Å². The van der Waals surface area contributed by atoms with Gasteiger partial charge in [0.15, 0.2) is 0 Å². The Morgan fingerprint density at radius 2 is 2.22 bits per heavy atom. The van der Waals surface area contributed by atoms with Crippen molar-refractivity contribution in [2.24, 2.45) is 11.1 Å². The minimum Gasteiger partial charge on any atom is -0.328 e. The summed E-state index contributed by atoms with van der Waals surface area (Å²) in [5.41, 5.74) is 7.97. The van der Waals surface area contributed by atoms with E-state index in [2.05, 4.69) is 30.2 Å². The van der Waals surface area contributed by atoms with E-state index < -0.39 is 0 Å². The number of hydrogen-bond donors (Lipinski definition) is 2. The zero-order chi connectivity index (χ0) is 12.9. The zero-order valence-corrected chi connectivity index (χ0v) is 10.9. The maximum absolute atomic E-state index is 12.1. The lowest BCUT2D eigenvalue weighted by molar-refractivity contribution is -0.131. The number of carbonyl (C=O) groups is 1. The number of rotatable bonds is 1. The second kappa shape index (κ2) is 3.79. The van der Waals surface area contributed by atoms with Crippen molar-refractivity contribution < 1.29 is 4.79 Å². The van der Waals surface area contributed by atoms with Gasteiger partial charge in [0.1, 0.15) is 5.82 Å². The van der Waals surface area contributed by atoms with Crippen molar-refractivity contribution in [3.8, 4) is 0 Å². The molecule has 96 valence electrons. The van der Waals surface area contributed by atoms with Crippen molar-refractivity contribution in [2.45, 2.75) is 45.1 Å². The molecule has 1 fully saturated rings. The monoisotopic (exact) mass is 245 g/mol. The number of aromatic nitrogens is 1. The first-order valence-electron chi connectivity index (χ1n) is 6.56. The van der Waals surface area contributed by atoms with Crippen molar-refractivity contribution in [1.29, 1.82) is 0 Å². The molecule has 1 aliphatic heterocycles. The molecule has 18 heavy (non-hydrogen) atoms. The molecule has 2 aliphatic rings. The quantitative estimate of drug-likeness (QED) is 0.792. The van der Waals surface area contributed by atoms with Gasteiger partial charge in [-0.05, 0) is 36.3 Å². The van der Waals surface area contributed by atoms with E-state index in [0.29, 0.717) is 5.92 Å². The summed E-state index contributed by atoms with van der Waals surface area (Å²) in [4.78, 5) is 16.5. The Kier molecular flexibility index (Phi) is 2.45. The van der Waals surface area contributed by atoms with Gasteiger partial charge < -0.3 is 11.1 Å². The van der Waals surface area contributed by atoms with Crippen molar-refractivity contribution in [3.63, 3.8) is 0 Å². The van der Waals surface area contributed by atoms with Gasteiger partial charge in [-0.15, -0.1) is 0 Å². The third-order valence-electron chi connectivity index (χ3n) is 4.20. The van der Waals surface area contributed by atoms with Gasteiger partial charge in [0, 0.05) is 12.2 Å². The molecule has 0 atom stereocenters. The van der Waals surface area contributed by atoms with Gasteiger partial charge in [0.2, 0.25) is 5.91 Å². The third kappa shape index (κ3) is 1.63. The summed E-state index contributed by atoms with van der Waals surface area (Å²) in [5.74, 6) is 1.29. The Morgan fingerprint density at radius 1 is 1.50 bits per heavy atom. The number of amides is 1. The SMILES string of the molecule is CC(C)c1cnc2c(c1)CC1(CC(N)C1)C(=O)N2. The molecule has 2 heterocycles. The molecule has 3 N–H and O–H groups in total. The second-order valence-corrected chi connectivity index (χ2v) is 6.01. The van der Waals surface area contributed by atoms with Crippen LogP contribution < -0.4 is 11.1 Å². The second-order valence-electron chi connectivity index (χ2n) is 6.01. The predicted molar refractivity (Wildman–Crippen MR) is 70.3 cm³/mol. The molecule has 0 bridgehead atoms. The van der Waals surface area contributed by atoms with Gasteiger partial charge >= 0.3 is 0 Å². The third-order valence-corrected chi connectivity index (χ3v) is 4.20. The summed E-state index contributed by atoms with van der Waals surface area (Å²) in [6.45, 7) is 4.31. The topological polar surface area (TPSA) is 68.0 Å². The lowest BCUT2D eigenvalue weighted by Crippen LogP contribution is -2.56. The summed E-state index contributed by atoms with van der Waals surface area (Å²) in [6, 6.07) is 2.36. The Hall–Kier alpha value is -1.42. The van der Waals surface area contributed by atoms with Crippen LogP contribution in [0.4, 0.5) is 5.82 Å². The number of anilines is 1. The lowest BCUT2D eigenvalue weighted by atomic mass is 9.61. The van der Waals surface area contributed by atoms with E-state index in [4.69, 9.17) is 5.73 Å². The Morgan fingerprint density at radius 3 is 2.83 bits per heavy atom. The highest BCUT2D eigenvalue weighted by Gasteiger charge is 2.51. The number of carbonyl (C=O) groups excluding carboxylic acids is 1. The molecular weight excluding hydrogens is 226 g/mol. The standard InChI is InChI=1S/C14H19N3O/c1-8(2)10-3-9-4-14(5-11(15)6-14)13(18)17-12(9)16-7-10/h3,7-8,11H,4-6,15H2,1-2H3,(H,16,17,18). The molecule has 1 aromatic heterocycles. The molecule has 1 spiro atoms.